The van der Waals surface area contributed by atoms with Gasteiger partial charge in [0.2, 0.25) is 0 Å². The van der Waals surface area contributed by atoms with Crippen LogP contribution in [0.25, 0.3) is 27.7 Å². The molecule has 6 nitrogen and oxygen atoms in total. The van der Waals surface area contributed by atoms with E-state index in [1.165, 1.54) is 18.4 Å². The molecule has 0 unspecified atom stereocenters. The topological polar surface area (TPSA) is 69.7 Å². The minimum Gasteiger partial charge on any atom is -0.353 e. The normalized spacial score (nSPS) is 15.3. The maximum absolute atomic E-state index is 4.65. The second-order valence-corrected chi connectivity index (χ2v) is 14.1. The highest BCUT2D eigenvalue weighted by atomic mass is 32.2. The Morgan fingerprint density at radius 3 is 2.58 bits per heavy atom. The third kappa shape index (κ3) is 5.54. The predicted molar refractivity (Wildman–Crippen MR) is 165 cm³/mol. The smallest absolute Gasteiger partial charge is 0.116 e. The molecule has 0 atom stereocenters. The third-order valence-electron chi connectivity index (χ3n) is 7.61. The van der Waals surface area contributed by atoms with Crippen molar-refractivity contribution < 1.29 is 0 Å². The standard InChI is InChI=1S/C31H38N6S/c1-21(2)38(5,6)30-10-8-27(19-33-30)34-23(4)31-28-16-25(7-9-29(28)35-36-31)26-15-24(17-32-18-26)20-37-13-11-22(3)12-14-37/h7-10,15-19,21-22,34H,4-6,11-14,20H2,1-3H3,(H,35,36). The Balaban J connectivity index is 1.35. The number of hydrogen-bond donors (Lipinski definition) is 2. The average molecular weight is 527 g/mol. The van der Waals surface area contributed by atoms with E-state index < -0.39 is 9.21 Å². The molecule has 198 valence electrons. The summed E-state index contributed by atoms with van der Waals surface area (Å²) in [7, 11) is -1.43. The maximum Gasteiger partial charge on any atom is 0.116 e. The Morgan fingerprint density at radius 1 is 1.08 bits per heavy atom. The lowest BCUT2D eigenvalue weighted by atomic mass is 9.98. The fourth-order valence-corrected chi connectivity index (χ4v) is 5.89. The number of aromatic nitrogens is 4. The summed E-state index contributed by atoms with van der Waals surface area (Å²) in [5.74, 6) is 9.49. The molecule has 0 amide bonds. The van der Waals surface area contributed by atoms with Crippen LogP contribution in [0.15, 0.2) is 66.6 Å². The summed E-state index contributed by atoms with van der Waals surface area (Å²) in [5.41, 5.74) is 6.78. The van der Waals surface area contributed by atoms with Crippen molar-refractivity contribution >= 4 is 43.2 Å². The molecule has 0 radical (unpaired) electrons. The number of hydrogen-bond acceptors (Lipinski definition) is 5. The van der Waals surface area contributed by atoms with Crippen molar-refractivity contribution in [2.75, 3.05) is 18.4 Å². The van der Waals surface area contributed by atoms with Gasteiger partial charge >= 0.3 is 0 Å². The summed E-state index contributed by atoms with van der Waals surface area (Å²) in [6.45, 7) is 14.2. The molecule has 38 heavy (non-hydrogen) atoms. The van der Waals surface area contributed by atoms with Gasteiger partial charge in [0.05, 0.1) is 28.1 Å². The van der Waals surface area contributed by atoms with E-state index in [1.807, 2.05) is 30.7 Å². The molecule has 0 aliphatic carbocycles. The second-order valence-electron chi connectivity index (χ2n) is 10.9. The summed E-state index contributed by atoms with van der Waals surface area (Å²) < 4.78 is 0. The third-order valence-corrected chi connectivity index (χ3v) is 10.5. The number of anilines is 1. The molecule has 2 N–H and O–H groups in total. The minimum absolute atomic E-state index is 0.359. The van der Waals surface area contributed by atoms with Gasteiger partial charge in [-0.3, -0.25) is 15.0 Å². The van der Waals surface area contributed by atoms with Crippen LogP contribution in [0, 0.1) is 5.92 Å². The maximum atomic E-state index is 4.65. The van der Waals surface area contributed by atoms with E-state index in [2.05, 4.69) is 93.7 Å². The number of likely N-dealkylation sites (tertiary alicyclic amines) is 1. The van der Waals surface area contributed by atoms with Gasteiger partial charge in [-0.15, -0.1) is 0 Å². The lowest BCUT2D eigenvalue weighted by Crippen LogP contribution is -2.32. The zero-order chi connectivity index (χ0) is 26.9. The van der Waals surface area contributed by atoms with Crippen molar-refractivity contribution in [3.8, 4) is 11.1 Å². The highest BCUT2D eigenvalue weighted by Gasteiger charge is 2.17. The Hall–Kier alpha value is -3.42. The Morgan fingerprint density at radius 2 is 1.87 bits per heavy atom. The van der Waals surface area contributed by atoms with Crippen molar-refractivity contribution in [3.05, 3.63) is 72.8 Å². The Labute approximate surface area is 226 Å². The van der Waals surface area contributed by atoms with E-state index in [0.717, 1.165) is 64.0 Å². The zero-order valence-corrected chi connectivity index (χ0v) is 23.5. The number of nitrogens with zero attached hydrogens (tertiary/aromatic N) is 4. The first-order chi connectivity index (χ1) is 18.2. The molecule has 5 rings (SSSR count). The monoisotopic (exact) mass is 526 g/mol. The predicted octanol–water partition coefficient (Wildman–Crippen LogP) is 6.77. The number of benzene rings is 1. The minimum atomic E-state index is -1.43. The molecule has 3 aromatic heterocycles. The molecule has 1 aliphatic heterocycles. The van der Waals surface area contributed by atoms with Gasteiger partial charge in [-0.25, -0.2) is 4.98 Å². The summed E-state index contributed by atoms with van der Waals surface area (Å²) in [6.07, 6.45) is 8.30. The van der Waals surface area contributed by atoms with Gasteiger partial charge in [-0.2, -0.15) is 14.3 Å². The number of fused-ring (bicyclic) bond motifs is 1. The quantitative estimate of drug-likeness (QED) is 0.248. The fraction of sp³-hybridized carbons (Fsp3) is 0.323. The molecule has 1 aromatic carbocycles. The van der Waals surface area contributed by atoms with Crippen LogP contribution in [-0.2, 0) is 6.54 Å². The van der Waals surface area contributed by atoms with Gasteiger partial charge in [0.15, 0.2) is 0 Å². The number of H-pyrrole nitrogens is 1. The van der Waals surface area contributed by atoms with E-state index >= 15 is 0 Å². The van der Waals surface area contributed by atoms with Crippen molar-refractivity contribution in [1.82, 2.24) is 25.1 Å². The SMILES string of the molecule is C=C(Nc1ccc(S(=C)(=C)C(C)C)nc1)c1n[nH]c2ccc(-c3cncc(CN4CCC(C)CC4)c3)cc12. The second kappa shape index (κ2) is 10.8. The van der Waals surface area contributed by atoms with Crippen LogP contribution in [0.4, 0.5) is 5.69 Å². The summed E-state index contributed by atoms with van der Waals surface area (Å²) in [4.78, 5) is 11.7. The van der Waals surface area contributed by atoms with E-state index in [4.69, 9.17) is 0 Å². The van der Waals surface area contributed by atoms with Crippen LogP contribution < -0.4 is 5.32 Å². The molecule has 0 saturated carbocycles. The van der Waals surface area contributed by atoms with Crippen LogP contribution in [0.2, 0.25) is 0 Å². The van der Waals surface area contributed by atoms with Crippen molar-refractivity contribution in [1.29, 1.82) is 0 Å². The molecule has 1 aliphatic rings. The molecule has 0 bridgehead atoms. The van der Waals surface area contributed by atoms with Crippen LogP contribution in [0.3, 0.4) is 0 Å². The number of piperidine rings is 1. The van der Waals surface area contributed by atoms with E-state index in [-0.39, 0.29) is 0 Å². The van der Waals surface area contributed by atoms with Crippen molar-refractivity contribution in [2.24, 2.45) is 5.92 Å². The molecule has 0 spiro atoms. The number of rotatable bonds is 8. The van der Waals surface area contributed by atoms with Crippen LogP contribution in [0.5, 0.6) is 0 Å². The highest BCUT2D eigenvalue weighted by molar-refractivity contribution is 8.28. The van der Waals surface area contributed by atoms with Gasteiger partial charge in [0, 0.05) is 29.9 Å². The van der Waals surface area contributed by atoms with Gasteiger partial charge in [0.25, 0.3) is 0 Å². The van der Waals surface area contributed by atoms with E-state index in [9.17, 15) is 0 Å². The first-order valence-corrected chi connectivity index (χ1v) is 15.3. The summed E-state index contributed by atoms with van der Waals surface area (Å²) >= 11 is 0. The van der Waals surface area contributed by atoms with E-state index in [1.54, 1.807) is 0 Å². The fourth-order valence-electron chi connectivity index (χ4n) is 4.80. The van der Waals surface area contributed by atoms with Crippen LogP contribution in [0.1, 0.15) is 44.9 Å². The lowest BCUT2D eigenvalue weighted by Gasteiger charge is -2.30. The molecule has 1 saturated heterocycles. The number of nitrogens with one attached hydrogen (secondary N) is 2. The molecule has 4 heterocycles. The Kier molecular flexibility index (Phi) is 7.41. The van der Waals surface area contributed by atoms with Gasteiger partial charge in [0.1, 0.15) is 5.69 Å². The number of pyridine rings is 2. The Bertz CT molecular complexity index is 1540. The zero-order valence-electron chi connectivity index (χ0n) is 22.7. The molecular weight excluding hydrogens is 488 g/mol. The largest absolute Gasteiger partial charge is 0.353 e. The van der Waals surface area contributed by atoms with Crippen molar-refractivity contribution in [2.45, 2.75) is 50.4 Å². The van der Waals surface area contributed by atoms with Gasteiger partial charge in [-0.05, 0) is 78.6 Å². The highest BCUT2D eigenvalue weighted by Crippen LogP contribution is 2.35. The first-order valence-electron chi connectivity index (χ1n) is 13.3. The van der Waals surface area contributed by atoms with Crippen LogP contribution in [-0.4, -0.2) is 55.1 Å². The lowest BCUT2D eigenvalue weighted by molar-refractivity contribution is 0.185. The summed E-state index contributed by atoms with van der Waals surface area (Å²) in [5, 5.41) is 13.4. The number of aromatic amines is 1. The van der Waals surface area contributed by atoms with Gasteiger partial charge < -0.3 is 5.32 Å². The van der Waals surface area contributed by atoms with Crippen molar-refractivity contribution in [3.63, 3.8) is 0 Å². The molecule has 4 aromatic rings. The average Bonchev–Trinajstić information content (AvgIpc) is 3.34. The van der Waals surface area contributed by atoms with Gasteiger partial charge in [-0.1, -0.05) is 45.2 Å². The molecule has 1 fully saturated rings. The van der Waals surface area contributed by atoms with E-state index in [0.29, 0.717) is 10.9 Å². The summed E-state index contributed by atoms with van der Waals surface area (Å²) in [6, 6.07) is 12.6. The molecule has 7 heteroatoms. The molecular formula is C31H38N6S. The first kappa shape index (κ1) is 26.2. The van der Waals surface area contributed by atoms with Crippen LogP contribution >= 0.6 is 9.21 Å².